The molecule has 2 atom stereocenters. The van der Waals surface area contributed by atoms with Crippen LogP contribution in [0.25, 0.3) is 0 Å². The van der Waals surface area contributed by atoms with E-state index >= 15 is 0 Å². The summed E-state index contributed by atoms with van der Waals surface area (Å²) < 4.78 is 13.8. The van der Waals surface area contributed by atoms with E-state index in [1.165, 1.54) is 12.1 Å². The van der Waals surface area contributed by atoms with Gasteiger partial charge in [0.1, 0.15) is 5.82 Å². The molecule has 1 saturated carbocycles. The summed E-state index contributed by atoms with van der Waals surface area (Å²) in [5.74, 6) is -0.992. The number of rotatable bonds is 4. The van der Waals surface area contributed by atoms with E-state index in [0.717, 1.165) is 24.0 Å². The van der Waals surface area contributed by atoms with E-state index in [-0.39, 0.29) is 35.5 Å². The first-order chi connectivity index (χ1) is 13.0. The van der Waals surface area contributed by atoms with Crippen molar-refractivity contribution in [2.24, 2.45) is 5.92 Å². The van der Waals surface area contributed by atoms with E-state index in [1.807, 2.05) is 37.3 Å². The minimum Gasteiger partial charge on any atom is -0.353 e. The SMILES string of the molecule is Cc1ccccc1C(=O)N1CC(C(=O)NC2CC2)C(c2cccc(F)c2)C1. The Morgan fingerprint density at radius 2 is 1.85 bits per heavy atom. The van der Waals surface area contributed by atoms with Gasteiger partial charge in [0.25, 0.3) is 5.91 Å². The summed E-state index contributed by atoms with van der Waals surface area (Å²) in [4.78, 5) is 27.6. The van der Waals surface area contributed by atoms with Gasteiger partial charge < -0.3 is 10.2 Å². The van der Waals surface area contributed by atoms with Crippen LogP contribution in [0.3, 0.4) is 0 Å². The molecule has 0 bridgehead atoms. The van der Waals surface area contributed by atoms with E-state index in [0.29, 0.717) is 18.7 Å². The van der Waals surface area contributed by atoms with Crippen molar-refractivity contribution in [3.8, 4) is 0 Å². The average Bonchev–Trinajstić information content (AvgIpc) is 3.35. The molecule has 27 heavy (non-hydrogen) atoms. The van der Waals surface area contributed by atoms with Crippen LogP contribution in [0.2, 0.25) is 0 Å². The Hall–Kier alpha value is -2.69. The zero-order chi connectivity index (χ0) is 19.0. The molecule has 2 aliphatic rings. The molecule has 2 aromatic rings. The van der Waals surface area contributed by atoms with Crippen LogP contribution in [-0.2, 0) is 4.79 Å². The highest BCUT2D eigenvalue weighted by Crippen LogP contribution is 2.35. The first-order valence-corrected chi connectivity index (χ1v) is 9.43. The van der Waals surface area contributed by atoms with Crippen LogP contribution in [-0.4, -0.2) is 35.8 Å². The predicted molar refractivity (Wildman–Crippen MR) is 101 cm³/mol. The van der Waals surface area contributed by atoms with Crippen molar-refractivity contribution < 1.29 is 14.0 Å². The molecule has 0 spiro atoms. The highest BCUT2D eigenvalue weighted by atomic mass is 19.1. The molecular weight excluding hydrogens is 343 g/mol. The van der Waals surface area contributed by atoms with Crippen molar-refractivity contribution in [2.45, 2.75) is 31.7 Å². The topological polar surface area (TPSA) is 49.4 Å². The van der Waals surface area contributed by atoms with Crippen LogP contribution in [0.15, 0.2) is 48.5 Å². The fourth-order valence-corrected chi connectivity index (χ4v) is 3.83. The molecule has 5 heteroatoms. The molecule has 2 fully saturated rings. The number of nitrogens with one attached hydrogen (secondary N) is 1. The molecule has 4 rings (SSSR count). The van der Waals surface area contributed by atoms with Gasteiger partial charge in [-0.1, -0.05) is 30.3 Å². The van der Waals surface area contributed by atoms with Gasteiger partial charge in [0.15, 0.2) is 0 Å². The van der Waals surface area contributed by atoms with Crippen molar-refractivity contribution in [2.75, 3.05) is 13.1 Å². The van der Waals surface area contributed by atoms with Crippen molar-refractivity contribution >= 4 is 11.8 Å². The maximum atomic E-state index is 13.8. The molecule has 1 aliphatic carbocycles. The van der Waals surface area contributed by atoms with Crippen LogP contribution >= 0.6 is 0 Å². The summed E-state index contributed by atoms with van der Waals surface area (Å²) in [6, 6.07) is 14.1. The number of aryl methyl sites for hydroxylation is 1. The van der Waals surface area contributed by atoms with Crippen LogP contribution < -0.4 is 5.32 Å². The highest BCUT2D eigenvalue weighted by molar-refractivity contribution is 5.96. The number of likely N-dealkylation sites (tertiary alicyclic amines) is 1. The Bertz CT molecular complexity index is 878. The standard InChI is InChI=1S/C22H23FN2O2/c1-14-5-2-3-8-18(14)22(27)25-12-19(15-6-4-7-16(23)11-15)20(13-25)21(26)24-17-9-10-17/h2-8,11,17,19-20H,9-10,12-13H2,1H3,(H,24,26). The van der Waals surface area contributed by atoms with Crippen LogP contribution in [0.4, 0.5) is 4.39 Å². The van der Waals surface area contributed by atoms with E-state index in [4.69, 9.17) is 0 Å². The first kappa shape index (κ1) is 17.7. The number of hydrogen-bond acceptors (Lipinski definition) is 2. The monoisotopic (exact) mass is 366 g/mol. The molecule has 0 aromatic heterocycles. The third-order valence-electron chi connectivity index (χ3n) is 5.52. The number of nitrogens with zero attached hydrogens (tertiary/aromatic N) is 1. The smallest absolute Gasteiger partial charge is 0.254 e. The maximum absolute atomic E-state index is 13.8. The molecule has 2 amide bonds. The van der Waals surface area contributed by atoms with Crippen LogP contribution in [0.5, 0.6) is 0 Å². The average molecular weight is 366 g/mol. The van der Waals surface area contributed by atoms with Gasteiger partial charge in [0.05, 0.1) is 5.92 Å². The predicted octanol–water partition coefficient (Wildman–Crippen LogP) is 3.27. The van der Waals surface area contributed by atoms with E-state index in [9.17, 15) is 14.0 Å². The van der Waals surface area contributed by atoms with Crippen LogP contribution in [0, 0.1) is 18.7 Å². The van der Waals surface area contributed by atoms with Gasteiger partial charge in [-0.3, -0.25) is 9.59 Å². The zero-order valence-electron chi connectivity index (χ0n) is 15.3. The van der Waals surface area contributed by atoms with E-state index in [2.05, 4.69) is 5.32 Å². The largest absolute Gasteiger partial charge is 0.353 e. The number of hydrogen-bond donors (Lipinski definition) is 1. The van der Waals surface area contributed by atoms with Crippen molar-refractivity contribution in [3.05, 3.63) is 71.0 Å². The molecule has 2 unspecified atom stereocenters. The minimum atomic E-state index is -0.361. The van der Waals surface area contributed by atoms with Gasteiger partial charge in [0, 0.05) is 30.6 Å². The van der Waals surface area contributed by atoms with E-state index in [1.54, 1.807) is 11.0 Å². The lowest BCUT2D eigenvalue weighted by Gasteiger charge is -2.18. The van der Waals surface area contributed by atoms with Crippen molar-refractivity contribution in [1.82, 2.24) is 10.2 Å². The number of benzene rings is 2. The lowest BCUT2D eigenvalue weighted by Crippen LogP contribution is -2.36. The molecule has 1 saturated heterocycles. The summed E-state index contributed by atoms with van der Waals surface area (Å²) in [6.07, 6.45) is 2.02. The summed E-state index contributed by atoms with van der Waals surface area (Å²) >= 11 is 0. The Labute approximate surface area is 158 Å². The summed E-state index contributed by atoms with van der Waals surface area (Å²) in [5.41, 5.74) is 2.33. The maximum Gasteiger partial charge on any atom is 0.254 e. The fourth-order valence-electron chi connectivity index (χ4n) is 3.83. The van der Waals surface area contributed by atoms with Gasteiger partial charge in [-0.15, -0.1) is 0 Å². The quantitative estimate of drug-likeness (QED) is 0.903. The second kappa shape index (κ2) is 7.14. The summed E-state index contributed by atoms with van der Waals surface area (Å²) in [6.45, 7) is 2.68. The number of carbonyl (C=O) groups is 2. The van der Waals surface area contributed by atoms with Crippen LogP contribution in [0.1, 0.15) is 40.2 Å². The molecule has 2 aromatic carbocycles. The summed E-state index contributed by atoms with van der Waals surface area (Å²) in [5, 5.41) is 3.05. The van der Waals surface area contributed by atoms with Crippen molar-refractivity contribution in [3.63, 3.8) is 0 Å². The fraction of sp³-hybridized carbons (Fsp3) is 0.364. The normalized spacial score (nSPS) is 21.9. The number of amides is 2. The summed E-state index contributed by atoms with van der Waals surface area (Å²) in [7, 11) is 0. The Morgan fingerprint density at radius 1 is 1.07 bits per heavy atom. The second-order valence-electron chi connectivity index (χ2n) is 7.58. The highest BCUT2D eigenvalue weighted by Gasteiger charge is 2.42. The lowest BCUT2D eigenvalue weighted by molar-refractivity contribution is -0.125. The third kappa shape index (κ3) is 3.72. The molecule has 1 aliphatic heterocycles. The Morgan fingerprint density at radius 3 is 2.56 bits per heavy atom. The Kier molecular flexibility index (Phi) is 4.68. The molecular formula is C22H23FN2O2. The van der Waals surface area contributed by atoms with Gasteiger partial charge >= 0.3 is 0 Å². The first-order valence-electron chi connectivity index (χ1n) is 9.43. The Balaban J connectivity index is 1.61. The van der Waals surface area contributed by atoms with Gasteiger partial charge in [0.2, 0.25) is 5.91 Å². The molecule has 1 heterocycles. The lowest BCUT2D eigenvalue weighted by atomic mass is 9.88. The third-order valence-corrected chi connectivity index (χ3v) is 5.52. The van der Waals surface area contributed by atoms with Gasteiger partial charge in [-0.2, -0.15) is 0 Å². The zero-order valence-corrected chi connectivity index (χ0v) is 15.3. The molecule has 0 radical (unpaired) electrons. The van der Waals surface area contributed by atoms with Gasteiger partial charge in [-0.25, -0.2) is 4.39 Å². The number of halogens is 1. The molecule has 1 N–H and O–H groups in total. The molecule has 140 valence electrons. The molecule has 4 nitrogen and oxygen atoms in total. The number of carbonyl (C=O) groups excluding carboxylic acids is 2. The van der Waals surface area contributed by atoms with E-state index < -0.39 is 0 Å². The second-order valence-corrected chi connectivity index (χ2v) is 7.58. The minimum absolute atomic E-state index is 0.0353. The van der Waals surface area contributed by atoms with Gasteiger partial charge in [-0.05, 0) is 49.1 Å². The van der Waals surface area contributed by atoms with Crippen molar-refractivity contribution in [1.29, 1.82) is 0 Å².